The molecule has 0 saturated heterocycles. The molecule has 0 aromatic heterocycles. The molecule has 0 bridgehead atoms. The Labute approximate surface area is 160 Å². The summed E-state index contributed by atoms with van der Waals surface area (Å²) in [6.07, 6.45) is -3.96. The quantitative estimate of drug-likeness (QED) is 0.816. The van der Waals surface area contributed by atoms with Crippen molar-refractivity contribution in [2.24, 2.45) is 0 Å². The number of carbonyl (C=O) groups is 1. The van der Waals surface area contributed by atoms with E-state index in [1.54, 1.807) is 18.2 Å². The largest absolute Gasteiger partial charge is 0.497 e. The van der Waals surface area contributed by atoms with Crippen LogP contribution in [0.15, 0.2) is 36.4 Å². The average molecular weight is 395 g/mol. The maximum absolute atomic E-state index is 13.0. The number of nitrogens with zero attached hydrogens (tertiary/aromatic N) is 1. The highest BCUT2D eigenvalue weighted by atomic mass is 19.4. The number of anilines is 1. The van der Waals surface area contributed by atoms with Crippen LogP contribution in [0, 0.1) is 0 Å². The molecule has 28 heavy (non-hydrogen) atoms. The van der Waals surface area contributed by atoms with E-state index in [1.807, 2.05) is 0 Å². The standard InChI is InChI=1S/C20H20F3NO4/c1-27-16-8-13(9-17(12-16)28-7-6-25)10-19(26)24-5-4-14-2-3-15(11-18(14)24)20(21,22)23/h2-3,8-9,11-12,25H,4-7,10H2,1H3. The zero-order valence-corrected chi connectivity index (χ0v) is 15.3. The number of ether oxygens (including phenoxy) is 2. The molecule has 0 atom stereocenters. The van der Waals surface area contributed by atoms with E-state index in [9.17, 15) is 18.0 Å². The molecule has 1 aliphatic rings. The Kier molecular flexibility index (Phi) is 5.79. The van der Waals surface area contributed by atoms with Gasteiger partial charge in [0.2, 0.25) is 5.91 Å². The number of hydrogen-bond donors (Lipinski definition) is 1. The summed E-state index contributed by atoms with van der Waals surface area (Å²) in [7, 11) is 1.48. The first-order valence-corrected chi connectivity index (χ1v) is 8.74. The average Bonchev–Trinajstić information content (AvgIpc) is 3.08. The summed E-state index contributed by atoms with van der Waals surface area (Å²) in [4.78, 5) is 14.2. The summed E-state index contributed by atoms with van der Waals surface area (Å²) in [5.74, 6) is 0.622. The Balaban J connectivity index is 1.82. The SMILES string of the molecule is COc1cc(CC(=O)N2CCc3ccc(C(F)(F)F)cc32)cc(OCCO)c1. The monoisotopic (exact) mass is 395 g/mol. The van der Waals surface area contributed by atoms with Gasteiger partial charge in [-0.25, -0.2) is 0 Å². The smallest absolute Gasteiger partial charge is 0.416 e. The first-order valence-electron chi connectivity index (χ1n) is 8.74. The molecule has 3 rings (SSSR count). The minimum absolute atomic E-state index is 0.0115. The van der Waals surface area contributed by atoms with E-state index in [2.05, 4.69) is 0 Å². The molecule has 0 spiro atoms. The van der Waals surface area contributed by atoms with Crippen molar-refractivity contribution >= 4 is 11.6 Å². The lowest BCUT2D eigenvalue weighted by Crippen LogP contribution is -2.30. The third-order valence-electron chi connectivity index (χ3n) is 4.50. The van der Waals surface area contributed by atoms with Gasteiger partial charge in [-0.2, -0.15) is 13.2 Å². The molecule has 0 saturated carbocycles. The number of methoxy groups -OCH3 is 1. The zero-order chi connectivity index (χ0) is 20.3. The van der Waals surface area contributed by atoms with Crippen LogP contribution in [0.1, 0.15) is 16.7 Å². The third-order valence-corrected chi connectivity index (χ3v) is 4.50. The van der Waals surface area contributed by atoms with Crippen molar-refractivity contribution in [3.63, 3.8) is 0 Å². The maximum Gasteiger partial charge on any atom is 0.416 e. The Morgan fingerprint density at radius 3 is 2.61 bits per heavy atom. The maximum atomic E-state index is 13.0. The summed E-state index contributed by atoms with van der Waals surface area (Å²) in [5.41, 5.74) is 0.864. The lowest BCUT2D eigenvalue weighted by molar-refractivity contribution is -0.137. The molecule has 2 aromatic rings. The Hall–Kier alpha value is -2.74. The van der Waals surface area contributed by atoms with E-state index >= 15 is 0 Å². The summed E-state index contributed by atoms with van der Waals surface area (Å²) >= 11 is 0. The second kappa shape index (κ2) is 8.10. The molecule has 0 aliphatic carbocycles. The first-order chi connectivity index (χ1) is 13.3. The molecule has 5 nitrogen and oxygen atoms in total. The van der Waals surface area contributed by atoms with Gasteiger partial charge >= 0.3 is 6.18 Å². The van der Waals surface area contributed by atoms with E-state index < -0.39 is 11.7 Å². The van der Waals surface area contributed by atoms with Crippen LogP contribution in [0.2, 0.25) is 0 Å². The van der Waals surface area contributed by atoms with Crippen molar-refractivity contribution in [1.82, 2.24) is 0 Å². The van der Waals surface area contributed by atoms with Gasteiger partial charge in [-0.1, -0.05) is 6.07 Å². The third kappa shape index (κ3) is 4.39. The number of benzene rings is 2. The van der Waals surface area contributed by atoms with Crippen molar-refractivity contribution in [3.05, 3.63) is 53.1 Å². The van der Waals surface area contributed by atoms with Gasteiger partial charge in [0.15, 0.2) is 0 Å². The number of amides is 1. The lowest BCUT2D eigenvalue weighted by atomic mass is 10.1. The van der Waals surface area contributed by atoms with E-state index in [-0.39, 0.29) is 25.5 Å². The van der Waals surface area contributed by atoms with Crippen LogP contribution in [0.3, 0.4) is 0 Å². The number of carbonyl (C=O) groups excluding carboxylic acids is 1. The normalized spacial score (nSPS) is 13.4. The minimum atomic E-state index is -4.46. The van der Waals surface area contributed by atoms with E-state index in [1.165, 1.54) is 18.1 Å². The van der Waals surface area contributed by atoms with Crippen LogP contribution in [0.4, 0.5) is 18.9 Å². The van der Waals surface area contributed by atoms with E-state index in [0.29, 0.717) is 35.7 Å². The second-order valence-corrected chi connectivity index (χ2v) is 6.40. The summed E-state index contributed by atoms with van der Waals surface area (Å²) in [6.45, 7) is 0.283. The number of fused-ring (bicyclic) bond motifs is 1. The van der Waals surface area contributed by atoms with Crippen molar-refractivity contribution in [3.8, 4) is 11.5 Å². The van der Waals surface area contributed by atoms with Crippen LogP contribution in [-0.4, -0.2) is 37.9 Å². The molecule has 2 aromatic carbocycles. The highest BCUT2D eigenvalue weighted by molar-refractivity contribution is 5.97. The molecule has 1 heterocycles. The molecule has 150 valence electrons. The number of halogens is 3. The number of hydrogen-bond acceptors (Lipinski definition) is 4. The summed E-state index contributed by atoms with van der Waals surface area (Å²) < 4.78 is 49.6. The van der Waals surface area contributed by atoms with Gasteiger partial charge in [-0.3, -0.25) is 4.79 Å². The van der Waals surface area contributed by atoms with Crippen molar-refractivity contribution in [2.75, 3.05) is 31.8 Å². The number of rotatable bonds is 6. The first kappa shape index (κ1) is 20.0. The molecule has 1 N–H and O–H groups in total. The van der Waals surface area contributed by atoms with Gasteiger partial charge in [0, 0.05) is 18.3 Å². The highest BCUT2D eigenvalue weighted by Gasteiger charge is 2.33. The Bertz CT molecular complexity index is 867. The fourth-order valence-electron chi connectivity index (χ4n) is 3.18. The summed E-state index contributed by atoms with van der Waals surface area (Å²) in [5, 5.41) is 8.89. The van der Waals surface area contributed by atoms with E-state index in [0.717, 1.165) is 17.7 Å². The van der Waals surface area contributed by atoms with Gasteiger partial charge in [0.25, 0.3) is 0 Å². The topological polar surface area (TPSA) is 59.0 Å². The lowest BCUT2D eigenvalue weighted by Gasteiger charge is -2.19. The molecule has 1 amide bonds. The predicted octanol–water partition coefficient (Wildman–Crippen LogP) is 3.22. The van der Waals surface area contributed by atoms with E-state index in [4.69, 9.17) is 14.6 Å². The van der Waals surface area contributed by atoms with Crippen LogP contribution in [0.5, 0.6) is 11.5 Å². The van der Waals surface area contributed by atoms with Gasteiger partial charge in [0.1, 0.15) is 18.1 Å². The number of aliphatic hydroxyl groups is 1. The fourth-order valence-corrected chi connectivity index (χ4v) is 3.18. The summed E-state index contributed by atoms with van der Waals surface area (Å²) in [6, 6.07) is 8.45. The molecule has 0 fully saturated rings. The van der Waals surface area contributed by atoms with Gasteiger partial charge < -0.3 is 19.5 Å². The van der Waals surface area contributed by atoms with Crippen LogP contribution < -0.4 is 14.4 Å². The number of alkyl halides is 3. The second-order valence-electron chi connectivity index (χ2n) is 6.40. The molecular formula is C20H20F3NO4. The minimum Gasteiger partial charge on any atom is -0.497 e. The number of aliphatic hydroxyl groups excluding tert-OH is 1. The molecule has 0 radical (unpaired) electrons. The van der Waals surface area contributed by atoms with Crippen molar-refractivity contribution in [1.29, 1.82) is 0 Å². The van der Waals surface area contributed by atoms with Gasteiger partial charge in [-0.05, 0) is 41.8 Å². The van der Waals surface area contributed by atoms with Crippen molar-refractivity contribution in [2.45, 2.75) is 19.0 Å². The fraction of sp³-hybridized carbons (Fsp3) is 0.350. The van der Waals surface area contributed by atoms with Crippen LogP contribution >= 0.6 is 0 Å². The van der Waals surface area contributed by atoms with Gasteiger partial charge in [0.05, 0.1) is 25.7 Å². The molecular weight excluding hydrogens is 375 g/mol. The Morgan fingerprint density at radius 2 is 1.93 bits per heavy atom. The molecule has 0 unspecified atom stereocenters. The highest BCUT2D eigenvalue weighted by Crippen LogP contribution is 2.36. The molecule has 8 heteroatoms. The van der Waals surface area contributed by atoms with Crippen LogP contribution in [0.25, 0.3) is 0 Å². The Morgan fingerprint density at radius 1 is 1.18 bits per heavy atom. The van der Waals surface area contributed by atoms with Crippen LogP contribution in [-0.2, 0) is 23.8 Å². The zero-order valence-electron chi connectivity index (χ0n) is 15.3. The molecule has 1 aliphatic heterocycles. The predicted molar refractivity (Wildman–Crippen MR) is 96.8 cm³/mol. The van der Waals surface area contributed by atoms with Gasteiger partial charge in [-0.15, -0.1) is 0 Å². The van der Waals surface area contributed by atoms with Crippen molar-refractivity contribution < 1.29 is 32.5 Å².